The molecule has 120 valence electrons. The minimum Gasteiger partial charge on any atom is -0.355 e. The molecule has 1 fully saturated rings. The standard InChI is InChI=1S/C18H26N2O2/c1-2-16-10-6-7-13-20(16)18(22)11-12-19-17(21)14-15-8-4-3-5-9-15/h3-5,8-9,16H,2,6-7,10-14H2,1H3,(H,19,21). The maximum absolute atomic E-state index is 12.3. The van der Waals surface area contributed by atoms with Crippen LogP contribution < -0.4 is 5.32 Å². The monoisotopic (exact) mass is 302 g/mol. The summed E-state index contributed by atoms with van der Waals surface area (Å²) in [7, 11) is 0. The molecule has 1 atom stereocenters. The lowest BCUT2D eigenvalue weighted by Crippen LogP contribution is -2.44. The Morgan fingerprint density at radius 3 is 2.73 bits per heavy atom. The molecular formula is C18H26N2O2. The highest BCUT2D eigenvalue weighted by Crippen LogP contribution is 2.19. The van der Waals surface area contributed by atoms with Crippen molar-refractivity contribution in [2.45, 2.75) is 51.5 Å². The van der Waals surface area contributed by atoms with E-state index in [1.807, 2.05) is 35.2 Å². The largest absolute Gasteiger partial charge is 0.355 e. The Morgan fingerprint density at radius 2 is 2.00 bits per heavy atom. The highest BCUT2D eigenvalue weighted by Gasteiger charge is 2.24. The fourth-order valence-corrected chi connectivity index (χ4v) is 3.05. The molecule has 1 aromatic carbocycles. The minimum absolute atomic E-state index is 0.0234. The minimum atomic E-state index is -0.0234. The van der Waals surface area contributed by atoms with Gasteiger partial charge in [-0.25, -0.2) is 0 Å². The van der Waals surface area contributed by atoms with Crippen molar-refractivity contribution in [1.82, 2.24) is 10.2 Å². The van der Waals surface area contributed by atoms with Crippen LogP contribution in [0.4, 0.5) is 0 Å². The van der Waals surface area contributed by atoms with E-state index in [0.29, 0.717) is 25.4 Å². The number of benzene rings is 1. The second-order valence-electron chi connectivity index (χ2n) is 5.91. The SMILES string of the molecule is CCC1CCCCN1C(=O)CCNC(=O)Cc1ccccc1. The third-order valence-corrected chi connectivity index (χ3v) is 4.29. The smallest absolute Gasteiger partial charge is 0.224 e. The number of piperidine rings is 1. The number of rotatable bonds is 6. The first-order valence-corrected chi connectivity index (χ1v) is 8.30. The van der Waals surface area contributed by atoms with Crippen molar-refractivity contribution in [3.05, 3.63) is 35.9 Å². The van der Waals surface area contributed by atoms with Crippen molar-refractivity contribution in [2.75, 3.05) is 13.1 Å². The van der Waals surface area contributed by atoms with Gasteiger partial charge >= 0.3 is 0 Å². The van der Waals surface area contributed by atoms with Gasteiger partial charge in [-0.2, -0.15) is 0 Å². The molecule has 1 aromatic rings. The van der Waals surface area contributed by atoms with Crippen molar-refractivity contribution in [3.8, 4) is 0 Å². The lowest BCUT2D eigenvalue weighted by Gasteiger charge is -2.35. The second-order valence-corrected chi connectivity index (χ2v) is 5.91. The van der Waals surface area contributed by atoms with Gasteiger partial charge in [-0.05, 0) is 31.2 Å². The molecule has 0 saturated carbocycles. The molecule has 4 nitrogen and oxygen atoms in total. The fraction of sp³-hybridized carbons (Fsp3) is 0.556. The molecule has 2 amide bonds. The van der Waals surface area contributed by atoms with Crippen LogP contribution in [0.2, 0.25) is 0 Å². The molecule has 1 unspecified atom stereocenters. The van der Waals surface area contributed by atoms with Crippen molar-refractivity contribution in [3.63, 3.8) is 0 Å². The molecule has 4 heteroatoms. The van der Waals surface area contributed by atoms with Crippen LogP contribution in [0.3, 0.4) is 0 Å². The summed E-state index contributed by atoms with van der Waals surface area (Å²) in [5.41, 5.74) is 0.994. The summed E-state index contributed by atoms with van der Waals surface area (Å²) in [5.74, 6) is 0.149. The first-order valence-electron chi connectivity index (χ1n) is 8.30. The van der Waals surface area contributed by atoms with E-state index in [0.717, 1.165) is 31.4 Å². The van der Waals surface area contributed by atoms with E-state index in [2.05, 4.69) is 12.2 Å². The average Bonchev–Trinajstić information content (AvgIpc) is 2.55. The highest BCUT2D eigenvalue weighted by molar-refractivity contribution is 5.80. The van der Waals surface area contributed by atoms with Crippen molar-refractivity contribution in [2.24, 2.45) is 0 Å². The maximum Gasteiger partial charge on any atom is 0.224 e. The number of nitrogens with one attached hydrogen (secondary N) is 1. The van der Waals surface area contributed by atoms with Crippen LogP contribution in [0.15, 0.2) is 30.3 Å². The van der Waals surface area contributed by atoms with E-state index in [4.69, 9.17) is 0 Å². The Hall–Kier alpha value is -1.84. The molecule has 0 aromatic heterocycles. The Labute approximate surface area is 132 Å². The molecular weight excluding hydrogens is 276 g/mol. The quantitative estimate of drug-likeness (QED) is 0.878. The van der Waals surface area contributed by atoms with Crippen LogP contribution >= 0.6 is 0 Å². The number of carbonyl (C=O) groups is 2. The first-order chi connectivity index (χ1) is 10.7. The van der Waals surface area contributed by atoms with Gasteiger partial charge in [-0.15, -0.1) is 0 Å². The molecule has 0 aliphatic carbocycles. The third kappa shape index (κ3) is 4.86. The van der Waals surface area contributed by atoms with Crippen LogP contribution in [-0.2, 0) is 16.0 Å². The molecule has 1 aliphatic heterocycles. The maximum atomic E-state index is 12.3. The lowest BCUT2D eigenvalue weighted by atomic mass is 9.99. The van der Waals surface area contributed by atoms with Crippen LogP contribution in [-0.4, -0.2) is 35.8 Å². The summed E-state index contributed by atoms with van der Waals surface area (Å²) in [6.07, 6.45) is 5.22. The Kier molecular flexibility index (Phi) is 6.44. The van der Waals surface area contributed by atoms with Gasteiger partial charge in [0, 0.05) is 25.6 Å². The Bertz CT molecular complexity index is 487. The normalized spacial score (nSPS) is 18.0. The molecule has 0 radical (unpaired) electrons. The number of carbonyl (C=O) groups excluding carboxylic acids is 2. The highest BCUT2D eigenvalue weighted by atomic mass is 16.2. The third-order valence-electron chi connectivity index (χ3n) is 4.29. The zero-order chi connectivity index (χ0) is 15.8. The molecule has 0 spiro atoms. The van der Waals surface area contributed by atoms with Gasteiger partial charge in [-0.1, -0.05) is 37.3 Å². The van der Waals surface area contributed by atoms with E-state index in [1.54, 1.807) is 0 Å². The predicted octanol–water partition coefficient (Wildman–Crippen LogP) is 2.53. The summed E-state index contributed by atoms with van der Waals surface area (Å²) >= 11 is 0. The molecule has 22 heavy (non-hydrogen) atoms. The van der Waals surface area contributed by atoms with E-state index in [1.165, 1.54) is 6.42 Å². The summed E-state index contributed by atoms with van der Waals surface area (Å²) in [6, 6.07) is 10.0. The molecule has 0 bridgehead atoms. The summed E-state index contributed by atoms with van der Waals surface area (Å²) in [4.78, 5) is 26.1. The van der Waals surface area contributed by atoms with E-state index in [9.17, 15) is 9.59 Å². The summed E-state index contributed by atoms with van der Waals surface area (Å²) in [5, 5.41) is 2.85. The number of hydrogen-bond donors (Lipinski definition) is 1. The van der Waals surface area contributed by atoms with Gasteiger partial charge in [-0.3, -0.25) is 9.59 Å². The first kappa shape index (κ1) is 16.5. The zero-order valence-electron chi connectivity index (χ0n) is 13.4. The van der Waals surface area contributed by atoms with Crippen LogP contribution in [0.25, 0.3) is 0 Å². The molecule has 1 N–H and O–H groups in total. The average molecular weight is 302 g/mol. The Morgan fingerprint density at radius 1 is 1.23 bits per heavy atom. The topological polar surface area (TPSA) is 49.4 Å². The lowest BCUT2D eigenvalue weighted by molar-refractivity contribution is -0.134. The fourth-order valence-electron chi connectivity index (χ4n) is 3.05. The second kappa shape index (κ2) is 8.57. The van der Waals surface area contributed by atoms with Gasteiger partial charge < -0.3 is 10.2 Å². The van der Waals surface area contributed by atoms with Crippen molar-refractivity contribution in [1.29, 1.82) is 0 Å². The molecule has 2 rings (SSSR count). The summed E-state index contributed by atoms with van der Waals surface area (Å²) < 4.78 is 0. The van der Waals surface area contributed by atoms with Gasteiger partial charge in [0.2, 0.25) is 11.8 Å². The van der Waals surface area contributed by atoms with E-state index >= 15 is 0 Å². The molecule has 1 saturated heterocycles. The predicted molar refractivity (Wildman–Crippen MR) is 87.4 cm³/mol. The molecule has 1 aliphatic rings. The van der Waals surface area contributed by atoms with Gasteiger partial charge in [0.05, 0.1) is 6.42 Å². The Balaban J connectivity index is 1.71. The zero-order valence-corrected chi connectivity index (χ0v) is 13.4. The van der Waals surface area contributed by atoms with Gasteiger partial charge in [0.25, 0.3) is 0 Å². The van der Waals surface area contributed by atoms with Crippen molar-refractivity contribution < 1.29 is 9.59 Å². The van der Waals surface area contributed by atoms with Crippen LogP contribution in [0.1, 0.15) is 44.6 Å². The number of nitrogens with zero attached hydrogens (tertiary/aromatic N) is 1. The molecule has 1 heterocycles. The van der Waals surface area contributed by atoms with E-state index in [-0.39, 0.29) is 11.8 Å². The summed E-state index contributed by atoms with van der Waals surface area (Å²) in [6.45, 7) is 3.44. The van der Waals surface area contributed by atoms with Crippen LogP contribution in [0, 0.1) is 0 Å². The number of likely N-dealkylation sites (tertiary alicyclic amines) is 1. The van der Waals surface area contributed by atoms with Gasteiger partial charge in [0.1, 0.15) is 0 Å². The van der Waals surface area contributed by atoms with E-state index < -0.39 is 0 Å². The number of amides is 2. The van der Waals surface area contributed by atoms with Gasteiger partial charge in [0.15, 0.2) is 0 Å². The van der Waals surface area contributed by atoms with Crippen LogP contribution in [0.5, 0.6) is 0 Å². The van der Waals surface area contributed by atoms with Crippen molar-refractivity contribution >= 4 is 11.8 Å². The number of hydrogen-bond acceptors (Lipinski definition) is 2.